The molecule has 0 unspecified atom stereocenters. The Balaban J connectivity index is 1.21. The van der Waals surface area contributed by atoms with Crippen molar-refractivity contribution < 1.29 is 24.9 Å². The number of aliphatic hydroxyl groups is 2. The van der Waals surface area contributed by atoms with Crippen molar-refractivity contribution in [1.29, 1.82) is 0 Å². The number of aliphatic hydroxyl groups excluding tert-OH is 2. The fourth-order valence-corrected chi connectivity index (χ4v) is 5.41. The van der Waals surface area contributed by atoms with E-state index in [4.69, 9.17) is 0 Å². The minimum atomic E-state index is -0.784. The van der Waals surface area contributed by atoms with Crippen LogP contribution < -0.4 is 16.0 Å². The van der Waals surface area contributed by atoms with Crippen molar-refractivity contribution in [2.24, 2.45) is 0 Å². The number of aromatic hydroxyl groups is 1. The van der Waals surface area contributed by atoms with E-state index in [9.17, 15) is 24.9 Å². The van der Waals surface area contributed by atoms with E-state index in [1.54, 1.807) is 24.3 Å². The molecule has 0 saturated carbocycles. The standard InChI is InChI=1S/C38H45N3O5/c1-26(39-24-35(44)32-16-17-34(43)33(21-32)25-42)18-29-10-7-11-30(19-29)20-36(45)40-23-28-12-14-31(15-13-28)37(46)41-38(2,3)22-27-8-5-4-6-9-27/h4-17,19,21,26,35,39,42-44H,18,20,22-25H2,1-3H3,(H,40,45)(H,41,46)/t26-,35-/m1/s1. The zero-order valence-corrected chi connectivity index (χ0v) is 26.8. The summed E-state index contributed by atoms with van der Waals surface area (Å²) in [5.74, 6) is -0.221. The minimum absolute atomic E-state index is 0.00273. The van der Waals surface area contributed by atoms with E-state index in [1.807, 2.05) is 75.4 Å². The molecular weight excluding hydrogens is 578 g/mol. The third-order valence-corrected chi connectivity index (χ3v) is 7.86. The summed E-state index contributed by atoms with van der Waals surface area (Å²) in [4.78, 5) is 25.6. The highest BCUT2D eigenvalue weighted by Crippen LogP contribution is 2.22. The molecule has 46 heavy (non-hydrogen) atoms. The summed E-state index contributed by atoms with van der Waals surface area (Å²) in [5, 5.41) is 39.1. The van der Waals surface area contributed by atoms with Crippen LogP contribution in [0.25, 0.3) is 0 Å². The van der Waals surface area contributed by atoms with Gasteiger partial charge in [0.15, 0.2) is 0 Å². The van der Waals surface area contributed by atoms with Crippen LogP contribution >= 0.6 is 0 Å². The molecule has 0 aliphatic carbocycles. The maximum Gasteiger partial charge on any atom is 0.251 e. The summed E-state index contributed by atoms with van der Waals surface area (Å²) in [6.45, 7) is 6.43. The van der Waals surface area contributed by atoms with Crippen LogP contribution in [-0.2, 0) is 37.2 Å². The molecule has 6 N–H and O–H groups in total. The molecule has 0 aliphatic rings. The molecule has 4 rings (SSSR count). The molecule has 0 aromatic heterocycles. The van der Waals surface area contributed by atoms with Gasteiger partial charge < -0.3 is 31.3 Å². The highest BCUT2D eigenvalue weighted by molar-refractivity contribution is 5.94. The van der Waals surface area contributed by atoms with Gasteiger partial charge in [0.05, 0.1) is 19.1 Å². The van der Waals surface area contributed by atoms with Crippen LogP contribution in [0, 0.1) is 0 Å². The van der Waals surface area contributed by atoms with Gasteiger partial charge in [0.2, 0.25) is 5.91 Å². The zero-order chi connectivity index (χ0) is 33.1. The molecule has 0 heterocycles. The van der Waals surface area contributed by atoms with Gasteiger partial charge in [-0.3, -0.25) is 9.59 Å². The van der Waals surface area contributed by atoms with Crippen molar-refractivity contribution in [3.63, 3.8) is 0 Å². The number of amides is 2. The summed E-state index contributed by atoms with van der Waals surface area (Å²) in [5.41, 5.74) is 5.22. The molecule has 8 heteroatoms. The molecule has 4 aromatic rings. The van der Waals surface area contributed by atoms with Gasteiger partial charge in [0.25, 0.3) is 5.91 Å². The topological polar surface area (TPSA) is 131 Å². The van der Waals surface area contributed by atoms with Crippen LogP contribution in [0.1, 0.15) is 70.6 Å². The molecule has 8 nitrogen and oxygen atoms in total. The summed E-state index contributed by atoms with van der Waals surface area (Å²) in [6.07, 6.45) is 0.902. The average molecular weight is 624 g/mol. The van der Waals surface area contributed by atoms with Crippen molar-refractivity contribution in [3.05, 3.63) is 136 Å². The summed E-state index contributed by atoms with van der Waals surface area (Å²) < 4.78 is 0. The predicted octanol–water partition coefficient (Wildman–Crippen LogP) is 4.75. The first-order valence-corrected chi connectivity index (χ1v) is 15.7. The van der Waals surface area contributed by atoms with Gasteiger partial charge in [-0.25, -0.2) is 0 Å². The van der Waals surface area contributed by atoms with Gasteiger partial charge in [-0.15, -0.1) is 0 Å². The number of carbonyl (C=O) groups excluding carboxylic acids is 2. The van der Waals surface area contributed by atoms with E-state index in [0.29, 0.717) is 36.2 Å². The number of nitrogens with one attached hydrogen (secondary N) is 3. The van der Waals surface area contributed by atoms with E-state index in [2.05, 4.69) is 28.1 Å². The molecule has 0 spiro atoms. The number of hydrogen-bond donors (Lipinski definition) is 6. The van der Waals surface area contributed by atoms with Gasteiger partial charge in [-0.05, 0) is 85.7 Å². The largest absolute Gasteiger partial charge is 0.508 e. The van der Waals surface area contributed by atoms with E-state index in [0.717, 1.165) is 28.7 Å². The SMILES string of the molecule is C[C@H](Cc1cccc(CC(=O)NCc2ccc(C(=O)NC(C)(C)Cc3ccccc3)cc2)c1)NC[C@@H](O)c1ccc(O)c(CO)c1. The molecule has 0 saturated heterocycles. The first kappa shape index (κ1) is 34.4. The van der Waals surface area contributed by atoms with E-state index in [-0.39, 0.29) is 36.6 Å². The van der Waals surface area contributed by atoms with Crippen LogP contribution in [0.4, 0.5) is 0 Å². The fraction of sp³-hybridized carbons (Fsp3) is 0.316. The lowest BCUT2D eigenvalue weighted by Gasteiger charge is -2.26. The molecule has 0 aliphatic heterocycles. The molecule has 0 bridgehead atoms. The highest BCUT2D eigenvalue weighted by Gasteiger charge is 2.22. The van der Waals surface area contributed by atoms with Crippen LogP contribution in [0.2, 0.25) is 0 Å². The third-order valence-electron chi connectivity index (χ3n) is 7.86. The Morgan fingerprint density at radius 2 is 1.52 bits per heavy atom. The Hall–Kier alpha value is -4.50. The van der Waals surface area contributed by atoms with Crippen molar-refractivity contribution in [1.82, 2.24) is 16.0 Å². The van der Waals surface area contributed by atoms with E-state index in [1.165, 1.54) is 6.07 Å². The van der Waals surface area contributed by atoms with Crippen LogP contribution in [0.15, 0.2) is 97.1 Å². The maximum atomic E-state index is 12.9. The van der Waals surface area contributed by atoms with Gasteiger partial charge in [0.1, 0.15) is 5.75 Å². The number of hydrogen-bond acceptors (Lipinski definition) is 6. The Morgan fingerprint density at radius 1 is 0.826 bits per heavy atom. The number of carbonyl (C=O) groups is 2. The van der Waals surface area contributed by atoms with Crippen molar-refractivity contribution in [2.75, 3.05) is 6.54 Å². The quantitative estimate of drug-likeness (QED) is 0.113. The number of rotatable bonds is 15. The minimum Gasteiger partial charge on any atom is -0.508 e. The normalized spacial score (nSPS) is 12.7. The van der Waals surface area contributed by atoms with Crippen molar-refractivity contribution in [3.8, 4) is 5.75 Å². The smallest absolute Gasteiger partial charge is 0.251 e. The zero-order valence-electron chi connectivity index (χ0n) is 26.8. The summed E-state index contributed by atoms with van der Waals surface area (Å²) in [6, 6.07) is 30.1. The molecule has 0 radical (unpaired) electrons. The molecule has 242 valence electrons. The monoisotopic (exact) mass is 623 g/mol. The van der Waals surface area contributed by atoms with Gasteiger partial charge in [-0.1, -0.05) is 72.8 Å². The lowest BCUT2D eigenvalue weighted by atomic mass is 9.94. The first-order chi connectivity index (χ1) is 22.0. The number of phenols is 1. The second kappa shape index (κ2) is 16.2. The predicted molar refractivity (Wildman–Crippen MR) is 180 cm³/mol. The second-order valence-corrected chi connectivity index (χ2v) is 12.5. The van der Waals surface area contributed by atoms with Crippen molar-refractivity contribution in [2.45, 2.75) is 70.9 Å². The molecule has 0 fully saturated rings. The van der Waals surface area contributed by atoms with Crippen LogP contribution in [-0.4, -0.2) is 45.3 Å². The van der Waals surface area contributed by atoms with E-state index >= 15 is 0 Å². The second-order valence-electron chi connectivity index (χ2n) is 12.5. The fourth-order valence-electron chi connectivity index (χ4n) is 5.41. The van der Waals surface area contributed by atoms with E-state index < -0.39 is 11.6 Å². The Bertz CT molecular complexity index is 1590. The van der Waals surface area contributed by atoms with Crippen LogP contribution in [0.3, 0.4) is 0 Å². The first-order valence-electron chi connectivity index (χ1n) is 15.7. The lowest BCUT2D eigenvalue weighted by Crippen LogP contribution is -2.45. The Morgan fingerprint density at radius 3 is 2.24 bits per heavy atom. The highest BCUT2D eigenvalue weighted by atomic mass is 16.3. The maximum absolute atomic E-state index is 12.9. The number of benzene rings is 4. The van der Waals surface area contributed by atoms with Gasteiger partial charge in [0, 0.05) is 35.8 Å². The molecule has 4 aromatic carbocycles. The average Bonchev–Trinajstić information content (AvgIpc) is 3.03. The van der Waals surface area contributed by atoms with Gasteiger partial charge in [-0.2, -0.15) is 0 Å². The third kappa shape index (κ3) is 10.5. The Kier molecular flexibility index (Phi) is 12.1. The van der Waals surface area contributed by atoms with Gasteiger partial charge >= 0.3 is 0 Å². The molecule has 2 atom stereocenters. The lowest BCUT2D eigenvalue weighted by molar-refractivity contribution is -0.120. The van der Waals surface area contributed by atoms with Crippen LogP contribution in [0.5, 0.6) is 5.75 Å². The summed E-state index contributed by atoms with van der Waals surface area (Å²) in [7, 11) is 0. The molecule has 2 amide bonds. The van der Waals surface area contributed by atoms with Crippen molar-refractivity contribution >= 4 is 11.8 Å². The Labute approximate surface area is 271 Å². The summed E-state index contributed by atoms with van der Waals surface area (Å²) >= 11 is 0. The molecular formula is C38H45N3O5.